The predicted octanol–water partition coefficient (Wildman–Crippen LogP) is 1.77. The third-order valence-corrected chi connectivity index (χ3v) is 5.30. The van der Waals surface area contributed by atoms with E-state index in [-0.39, 0.29) is 29.3 Å². The second-order valence-corrected chi connectivity index (χ2v) is 7.92. The van der Waals surface area contributed by atoms with Gasteiger partial charge >= 0.3 is 6.03 Å². The first kappa shape index (κ1) is 23.9. The second-order valence-electron chi connectivity index (χ2n) is 7.92. The zero-order valence-electron chi connectivity index (χ0n) is 18.9. The van der Waals surface area contributed by atoms with Crippen molar-refractivity contribution in [3.05, 3.63) is 58.5 Å². The Balaban J connectivity index is 1.82. The number of amidine groups is 1. The molecule has 176 valence electrons. The highest BCUT2D eigenvalue weighted by molar-refractivity contribution is 6.04. The Morgan fingerprint density at radius 2 is 2.06 bits per heavy atom. The van der Waals surface area contributed by atoms with E-state index in [4.69, 9.17) is 11.7 Å². The van der Waals surface area contributed by atoms with Gasteiger partial charge in [0.05, 0.1) is 5.56 Å². The van der Waals surface area contributed by atoms with Crippen molar-refractivity contribution < 1.29 is 14.0 Å². The molecule has 0 aliphatic carbocycles. The largest absolute Gasteiger partial charge is 0.338 e. The zero-order chi connectivity index (χ0) is 24.1. The summed E-state index contributed by atoms with van der Waals surface area (Å²) in [6.45, 7) is 6.87. The van der Waals surface area contributed by atoms with Crippen LogP contribution < -0.4 is 22.3 Å². The number of nitrogens with two attached hydrogens (primary N) is 2. The van der Waals surface area contributed by atoms with E-state index in [0.29, 0.717) is 31.7 Å². The molecule has 0 saturated carbocycles. The third-order valence-electron chi connectivity index (χ3n) is 5.30. The number of nitrogens with one attached hydrogen (secondary N) is 2. The number of nitrogens with zero attached hydrogens (tertiary/aromatic N) is 4. The molecule has 1 aliphatic heterocycles. The first-order chi connectivity index (χ1) is 15.7. The Morgan fingerprint density at radius 3 is 2.73 bits per heavy atom. The van der Waals surface area contributed by atoms with Crippen molar-refractivity contribution in [2.45, 2.75) is 39.8 Å². The maximum Gasteiger partial charge on any atom is 0.317 e. The number of rotatable bonds is 5. The lowest BCUT2D eigenvalue weighted by atomic mass is 9.96. The molecule has 1 aromatic heterocycles. The number of halogens is 1. The van der Waals surface area contributed by atoms with Gasteiger partial charge in [0.2, 0.25) is 0 Å². The molecular weight excluding hydrogens is 427 g/mol. The summed E-state index contributed by atoms with van der Waals surface area (Å²) in [5.74, 6) is 10.6. The lowest BCUT2D eigenvalue weighted by Crippen LogP contribution is -2.44. The summed E-state index contributed by atoms with van der Waals surface area (Å²) >= 11 is 0. The van der Waals surface area contributed by atoms with Crippen LogP contribution in [0.15, 0.2) is 35.4 Å². The highest BCUT2D eigenvalue weighted by atomic mass is 19.1. The van der Waals surface area contributed by atoms with Crippen LogP contribution in [-0.2, 0) is 13.0 Å². The minimum atomic E-state index is -0.658. The van der Waals surface area contributed by atoms with Gasteiger partial charge in [0, 0.05) is 25.7 Å². The highest BCUT2D eigenvalue weighted by Gasteiger charge is 2.24. The molecule has 6 N–H and O–H groups in total. The van der Waals surface area contributed by atoms with E-state index in [1.54, 1.807) is 23.1 Å². The van der Waals surface area contributed by atoms with E-state index in [9.17, 15) is 14.0 Å². The van der Waals surface area contributed by atoms with Gasteiger partial charge in [-0.2, -0.15) is 5.10 Å². The fraction of sp³-hybridized carbons (Fsp3) is 0.364. The van der Waals surface area contributed by atoms with Gasteiger partial charge in [0.15, 0.2) is 5.84 Å². The molecular formula is C22H29FN8O2. The Hall–Kier alpha value is -3.73. The molecule has 33 heavy (non-hydrogen) atoms. The van der Waals surface area contributed by atoms with Crippen molar-refractivity contribution in [2.75, 3.05) is 18.4 Å². The van der Waals surface area contributed by atoms with E-state index >= 15 is 0 Å². The van der Waals surface area contributed by atoms with Crippen molar-refractivity contribution in [1.82, 2.24) is 20.2 Å². The summed E-state index contributed by atoms with van der Waals surface area (Å²) in [6.07, 6.45) is 0.515. The molecule has 10 nitrogen and oxygen atoms in total. The van der Waals surface area contributed by atoms with Crippen LogP contribution in [0.3, 0.4) is 0 Å². The minimum Gasteiger partial charge on any atom is -0.338 e. The van der Waals surface area contributed by atoms with Crippen LogP contribution in [0.1, 0.15) is 48.0 Å². The van der Waals surface area contributed by atoms with Gasteiger partial charge in [0.25, 0.3) is 5.91 Å². The number of carbonyl (C=O) groups is 2. The molecule has 0 unspecified atom stereocenters. The van der Waals surface area contributed by atoms with Gasteiger partial charge in [-0.25, -0.2) is 20.0 Å². The third kappa shape index (κ3) is 5.37. The highest BCUT2D eigenvalue weighted by Crippen LogP contribution is 2.23. The standard InChI is InChI=1S/C22H29FN8O2/c1-4-26-22(33)30-9-8-14-11-17(23)16(10-15(14)12-30)21(32)28-19-7-5-6-18(27-19)20(29-24)31(25)13(2)3/h5-7,10-11,13H,4,8-9,12,24-25H2,1-3H3,(H,26,33)(H,27,28,32)/b29-20-. The van der Waals surface area contributed by atoms with Crippen LogP contribution in [0.2, 0.25) is 0 Å². The molecule has 3 amide bonds. The van der Waals surface area contributed by atoms with Crippen molar-refractivity contribution in [2.24, 2.45) is 16.8 Å². The van der Waals surface area contributed by atoms with Crippen LogP contribution in [0.25, 0.3) is 0 Å². The average molecular weight is 457 g/mol. The summed E-state index contributed by atoms with van der Waals surface area (Å²) in [5.41, 5.74) is 1.74. The first-order valence-electron chi connectivity index (χ1n) is 10.7. The van der Waals surface area contributed by atoms with Crippen LogP contribution in [0.4, 0.5) is 15.0 Å². The summed E-state index contributed by atoms with van der Waals surface area (Å²) in [7, 11) is 0. The van der Waals surface area contributed by atoms with E-state index in [2.05, 4.69) is 20.7 Å². The number of hydrogen-bond acceptors (Lipinski definition) is 6. The van der Waals surface area contributed by atoms with Gasteiger partial charge in [-0.1, -0.05) is 6.07 Å². The van der Waals surface area contributed by atoms with Gasteiger partial charge in [-0.3, -0.25) is 9.80 Å². The van der Waals surface area contributed by atoms with Crippen LogP contribution in [0.5, 0.6) is 0 Å². The topological polar surface area (TPSA) is 142 Å². The molecule has 0 saturated heterocycles. The molecule has 3 rings (SSSR count). The molecule has 0 radical (unpaired) electrons. The van der Waals surface area contributed by atoms with Gasteiger partial charge < -0.3 is 21.4 Å². The lowest BCUT2D eigenvalue weighted by Gasteiger charge is -2.29. The number of hydrogen-bond donors (Lipinski definition) is 4. The molecule has 0 bridgehead atoms. The number of hydrazone groups is 1. The number of anilines is 1. The van der Waals surface area contributed by atoms with Gasteiger partial charge in [-0.15, -0.1) is 0 Å². The number of benzene rings is 1. The molecule has 2 heterocycles. The molecule has 2 aromatic rings. The minimum absolute atomic E-state index is 0.0871. The fourth-order valence-electron chi connectivity index (χ4n) is 3.51. The normalized spacial score (nSPS) is 13.5. The lowest BCUT2D eigenvalue weighted by molar-refractivity contribution is 0.102. The molecule has 0 spiro atoms. The Kier molecular flexibility index (Phi) is 7.44. The molecule has 11 heteroatoms. The average Bonchev–Trinajstić information content (AvgIpc) is 2.79. The molecule has 1 aromatic carbocycles. The Morgan fingerprint density at radius 1 is 1.30 bits per heavy atom. The maximum atomic E-state index is 14.7. The Labute approximate surface area is 191 Å². The van der Waals surface area contributed by atoms with Gasteiger partial charge in [0.1, 0.15) is 17.3 Å². The fourth-order valence-corrected chi connectivity index (χ4v) is 3.51. The van der Waals surface area contributed by atoms with Crippen LogP contribution >= 0.6 is 0 Å². The number of urea groups is 1. The summed E-state index contributed by atoms with van der Waals surface area (Å²) in [4.78, 5) is 31.0. The second kappa shape index (κ2) is 10.3. The van der Waals surface area contributed by atoms with E-state index in [1.165, 1.54) is 17.1 Å². The van der Waals surface area contributed by atoms with Gasteiger partial charge in [-0.05, 0) is 62.6 Å². The first-order valence-corrected chi connectivity index (χ1v) is 10.7. The van der Waals surface area contributed by atoms with E-state index in [0.717, 1.165) is 11.1 Å². The summed E-state index contributed by atoms with van der Waals surface area (Å²) in [5, 5.41) is 10.4. The van der Waals surface area contributed by atoms with Crippen molar-refractivity contribution >= 4 is 23.6 Å². The predicted molar refractivity (Wildman–Crippen MR) is 124 cm³/mol. The Bertz CT molecular complexity index is 1070. The van der Waals surface area contributed by atoms with Crippen LogP contribution in [0, 0.1) is 5.82 Å². The van der Waals surface area contributed by atoms with Crippen molar-refractivity contribution in [3.8, 4) is 0 Å². The number of amides is 3. The number of fused-ring (bicyclic) bond motifs is 1. The number of pyridine rings is 1. The maximum absolute atomic E-state index is 14.7. The van der Waals surface area contributed by atoms with Crippen molar-refractivity contribution in [1.29, 1.82) is 0 Å². The zero-order valence-corrected chi connectivity index (χ0v) is 18.9. The summed E-state index contributed by atoms with van der Waals surface area (Å²) in [6, 6.07) is 7.45. The number of aromatic nitrogens is 1. The molecule has 1 aliphatic rings. The quantitative estimate of drug-likeness (QED) is 0.234. The van der Waals surface area contributed by atoms with E-state index in [1.807, 2.05) is 20.8 Å². The number of hydrazine groups is 1. The SMILES string of the molecule is CCNC(=O)N1CCc2cc(F)c(C(=O)Nc3cccc(/C(=N/N)N(N)C(C)C)n3)cc2C1. The summed E-state index contributed by atoms with van der Waals surface area (Å²) < 4.78 is 14.7. The van der Waals surface area contributed by atoms with Crippen molar-refractivity contribution in [3.63, 3.8) is 0 Å². The monoisotopic (exact) mass is 456 g/mol. The molecule has 0 atom stereocenters. The van der Waals surface area contributed by atoms with E-state index < -0.39 is 11.7 Å². The number of carbonyl (C=O) groups excluding carboxylic acids is 2. The molecule has 0 fully saturated rings. The smallest absolute Gasteiger partial charge is 0.317 e. The van der Waals surface area contributed by atoms with Crippen LogP contribution in [-0.4, -0.2) is 51.8 Å².